The zero-order valence-electron chi connectivity index (χ0n) is 19.2. The van der Waals surface area contributed by atoms with Gasteiger partial charge in [0.1, 0.15) is 0 Å². The van der Waals surface area contributed by atoms with Crippen LogP contribution < -0.4 is 0 Å². The van der Waals surface area contributed by atoms with Crippen LogP contribution in [0.1, 0.15) is 92.7 Å². The van der Waals surface area contributed by atoms with Crippen molar-refractivity contribution in [3.05, 3.63) is 77.5 Å². The molecule has 0 N–H and O–H groups in total. The van der Waals surface area contributed by atoms with Crippen molar-refractivity contribution in [3.63, 3.8) is 0 Å². The maximum absolute atomic E-state index is 13.7. The monoisotopic (exact) mass is 414 g/mol. The van der Waals surface area contributed by atoms with E-state index in [1.807, 2.05) is 12.1 Å². The summed E-state index contributed by atoms with van der Waals surface area (Å²) in [5.74, 6) is 1.65. The third-order valence-electron chi connectivity index (χ3n) is 6.98. The predicted octanol–water partition coefficient (Wildman–Crippen LogP) is 7.41. The Balaban J connectivity index is 1.80. The number of aromatic nitrogens is 2. The second-order valence-electron chi connectivity index (χ2n) is 9.37. The van der Waals surface area contributed by atoms with E-state index in [4.69, 9.17) is 5.10 Å². The summed E-state index contributed by atoms with van der Waals surface area (Å²) in [5, 5.41) is 5.03. The lowest BCUT2D eigenvalue weighted by atomic mass is 9.75. The molecular weight excluding hydrogens is 380 g/mol. The quantitative estimate of drug-likeness (QED) is 0.421. The molecule has 31 heavy (non-hydrogen) atoms. The van der Waals surface area contributed by atoms with Gasteiger partial charge < -0.3 is 0 Å². The van der Waals surface area contributed by atoms with E-state index in [1.54, 1.807) is 4.68 Å². The summed E-state index contributed by atoms with van der Waals surface area (Å²) < 4.78 is 1.75. The Morgan fingerprint density at radius 2 is 1.68 bits per heavy atom. The van der Waals surface area contributed by atoms with Crippen LogP contribution in [0.4, 0.5) is 0 Å². The smallest absolute Gasteiger partial charge is 0.248 e. The van der Waals surface area contributed by atoms with E-state index in [0.717, 1.165) is 36.2 Å². The van der Waals surface area contributed by atoms with E-state index >= 15 is 0 Å². The highest BCUT2D eigenvalue weighted by molar-refractivity contribution is 5.85. The van der Waals surface area contributed by atoms with E-state index in [1.165, 1.54) is 11.1 Å². The van der Waals surface area contributed by atoms with E-state index in [-0.39, 0.29) is 11.8 Å². The van der Waals surface area contributed by atoms with E-state index in [2.05, 4.69) is 76.2 Å². The number of carbonyl (C=O) groups excluding carboxylic acids is 1. The first-order valence-electron chi connectivity index (χ1n) is 11.8. The molecule has 4 rings (SSSR count). The maximum Gasteiger partial charge on any atom is 0.248 e. The van der Waals surface area contributed by atoms with Gasteiger partial charge in [-0.1, -0.05) is 88.4 Å². The van der Waals surface area contributed by atoms with E-state index in [9.17, 15) is 4.79 Å². The van der Waals surface area contributed by atoms with Crippen LogP contribution in [-0.2, 0) is 0 Å². The fraction of sp³-hybridized carbons (Fsp3) is 0.429. The van der Waals surface area contributed by atoms with Crippen molar-refractivity contribution in [3.8, 4) is 11.3 Å². The summed E-state index contributed by atoms with van der Waals surface area (Å²) in [5.41, 5.74) is 5.77. The molecule has 1 heterocycles. The molecule has 162 valence electrons. The normalized spacial score (nSPS) is 19.3. The lowest BCUT2D eigenvalue weighted by Crippen LogP contribution is -2.18. The Kier molecular flexibility index (Phi) is 6.41. The van der Waals surface area contributed by atoms with Crippen LogP contribution in [0, 0.1) is 5.92 Å². The average molecular weight is 415 g/mol. The molecule has 1 aliphatic carbocycles. The van der Waals surface area contributed by atoms with Crippen molar-refractivity contribution in [2.24, 2.45) is 5.92 Å². The van der Waals surface area contributed by atoms with Gasteiger partial charge in [-0.2, -0.15) is 9.78 Å². The molecule has 1 aliphatic rings. The fourth-order valence-electron chi connectivity index (χ4n) is 5.14. The molecule has 3 aromatic rings. The molecule has 0 saturated carbocycles. The number of fused-ring (bicyclic) bond motifs is 1. The van der Waals surface area contributed by atoms with Gasteiger partial charge in [-0.05, 0) is 42.6 Å². The van der Waals surface area contributed by atoms with Crippen LogP contribution in [0.25, 0.3) is 11.3 Å². The first-order chi connectivity index (χ1) is 15.0. The SMILES string of the molecule is CC[C@@H](CC(=O)n1nc2c(c1-c1ccccc1)[C@H](C)CC[C@H]2C(C)C)c1ccccc1. The number of hydrogen-bond acceptors (Lipinski definition) is 2. The second kappa shape index (κ2) is 9.21. The van der Waals surface area contributed by atoms with Gasteiger partial charge in [0.2, 0.25) is 5.91 Å². The van der Waals surface area contributed by atoms with Gasteiger partial charge in [0.05, 0.1) is 11.4 Å². The summed E-state index contributed by atoms with van der Waals surface area (Å²) in [4.78, 5) is 13.7. The summed E-state index contributed by atoms with van der Waals surface area (Å²) in [7, 11) is 0. The zero-order chi connectivity index (χ0) is 22.0. The fourth-order valence-corrected chi connectivity index (χ4v) is 5.14. The number of benzene rings is 2. The van der Waals surface area contributed by atoms with Gasteiger partial charge in [0, 0.05) is 23.5 Å². The first kappa shape index (κ1) is 21.5. The minimum atomic E-state index is 0.0960. The van der Waals surface area contributed by atoms with Crippen molar-refractivity contribution >= 4 is 5.91 Å². The molecule has 0 fully saturated rings. The molecule has 0 radical (unpaired) electrons. The highest BCUT2D eigenvalue weighted by Crippen LogP contribution is 2.46. The van der Waals surface area contributed by atoms with Gasteiger partial charge >= 0.3 is 0 Å². The molecule has 0 bridgehead atoms. The Labute approximate surface area is 186 Å². The zero-order valence-corrected chi connectivity index (χ0v) is 19.2. The average Bonchev–Trinajstić information content (AvgIpc) is 3.20. The molecule has 0 amide bonds. The van der Waals surface area contributed by atoms with Crippen LogP contribution in [0.2, 0.25) is 0 Å². The molecule has 2 aromatic carbocycles. The van der Waals surface area contributed by atoms with E-state index in [0.29, 0.717) is 24.2 Å². The molecule has 3 nitrogen and oxygen atoms in total. The van der Waals surface area contributed by atoms with Gasteiger partial charge in [0.25, 0.3) is 0 Å². The van der Waals surface area contributed by atoms with Crippen LogP contribution in [-0.4, -0.2) is 15.7 Å². The first-order valence-corrected chi connectivity index (χ1v) is 11.8. The number of nitrogens with zero attached hydrogens (tertiary/aromatic N) is 2. The van der Waals surface area contributed by atoms with Gasteiger partial charge in [0.15, 0.2) is 0 Å². The molecule has 0 saturated heterocycles. The summed E-state index contributed by atoms with van der Waals surface area (Å²) in [6, 6.07) is 20.8. The molecule has 1 aromatic heterocycles. The van der Waals surface area contributed by atoms with Crippen LogP contribution in [0.3, 0.4) is 0 Å². The Hall–Kier alpha value is -2.68. The Bertz CT molecular complexity index is 1020. The largest absolute Gasteiger partial charge is 0.273 e. The van der Waals surface area contributed by atoms with Gasteiger partial charge in [-0.15, -0.1) is 0 Å². The van der Waals surface area contributed by atoms with Crippen LogP contribution in [0.5, 0.6) is 0 Å². The lowest BCUT2D eigenvalue weighted by Gasteiger charge is -2.28. The van der Waals surface area contributed by atoms with Crippen molar-refractivity contribution < 1.29 is 4.79 Å². The maximum atomic E-state index is 13.7. The minimum Gasteiger partial charge on any atom is -0.273 e. The van der Waals surface area contributed by atoms with Gasteiger partial charge in [-0.3, -0.25) is 4.79 Å². The summed E-state index contributed by atoms with van der Waals surface area (Å²) in [6.45, 7) is 9.00. The second-order valence-corrected chi connectivity index (χ2v) is 9.37. The highest BCUT2D eigenvalue weighted by atomic mass is 16.2. The molecule has 0 unspecified atom stereocenters. The van der Waals surface area contributed by atoms with Crippen molar-refractivity contribution in [1.29, 1.82) is 0 Å². The summed E-state index contributed by atoms with van der Waals surface area (Å²) >= 11 is 0. The molecule has 0 aliphatic heterocycles. The minimum absolute atomic E-state index is 0.0960. The van der Waals surface area contributed by atoms with Crippen LogP contribution >= 0.6 is 0 Å². The van der Waals surface area contributed by atoms with Crippen molar-refractivity contribution in [2.45, 2.75) is 71.1 Å². The number of rotatable bonds is 6. The third-order valence-corrected chi connectivity index (χ3v) is 6.98. The Morgan fingerprint density at radius 1 is 1.03 bits per heavy atom. The van der Waals surface area contributed by atoms with Crippen molar-refractivity contribution in [1.82, 2.24) is 9.78 Å². The van der Waals surface area contributed by atoms with Gasteiger partial charge in [-0.25, -0.2) is 0 Å². The topological polar surface area (TPSA) is 34.9 Å². The third kappa shape index (κ3) is 4.23. The highest BCUT2D eigenvalue weighted by Gasteiger charge is 2.35. The molecular formula is C28H34N2O. The van der Waals surface area contributed by atoms with Crippen molar-refractivity contribution in [2.75, 3.05) is 0 Å². The van der Waals surface area contributed by atoms with Crippen LogP contribution in [0.15, 0.2) is 60.7 Å². The predicted molar refractivity (Wildman–Crippen MR) is 128 cm³/mol. The standard InChI is InChI=1S/C28H34N2O/c1-5-21(22-12-8-6-9-13-22)18-25(31)30-28(23-14-10-7-11-15-23)26-20(4)16-17-24(19(2)3)27(26)29-30/h6-15,19-21,24H,5,16-18H2,1-4H3/t20-,21+,24+/m1/s1. The molecule has 3 atom stereocenters. The molecule has 3 heteroatoms. The Morgan fingerprint density at radius 3 is 2.29 bits per heavy atom. The number of hydrogen-bond donors (Lipinski definition) is 0. The lowest BCUT2D eigenvalue weighted by molar-refractivity contribution is 0.0877. The number of carbonyl (C=O) groups is 1. The summed E-state index contributed by atoms with van der Waals surface area (Å²) in [6.07, 6.45) is 3.70. The van der Waals surface area contributed by atoms with E-state index < -0.39 is 0 Å². The molecule has 0 spiro atoms.